The van der Waals surface area contributed by atoms with Crippen molar-refractivity contribution in [1.29, 1.82) is 0 Å². The van der Waals surface area contributed by atoms with Crippen molar-refractivity contribution in [1.82, 2.24) is 19.3 Å². The van der Waals surface area contributed by atoms with E-state index in [4.69, 9.17) is 15.2 Å². The van der Waals surface area contributed by atoms with E-state index in [2.05, 4.69) is 15.0 Å². The van der Waals surface area contributed by atoms with Gasteiger partial charge in [-0.1, -0.05) is 24.3 Å². The molecule has 0 amide bonds. The van der Waals surface area contributed by atoms with Gasteiger partial charge < -0.3 is 20.2 Å². The molecule has 2 aromatic carbocycles. The van der Waals surface area contributed by atoms with E-state index in [1.54, 1.807) is 18.2 Å². The number of nitrogens with zero attached hydrogens (tertiary/aromatic N) is 2. The zero-order valence-corrected chi connectivity index (χ0v) is 18.7. The summed E-state index contributed by atoms with van der Waals surface area (Å²) in [7, 11) is -0.636. The molecule has 0 spiro atoms. The molecule has 1 aliphatic rings. The quantitative estimate of drug-likeness (QED) is 0.417. The summed E-state index contributed by atoms with van der Waals surface area (Å²) in [6.07, 6.45) is 0. The Hall–Kier alpha value is -3.83. The number of aromatic nitrogens is 3. The topological polar surface area (TPSA) is 143 Å². The van der Waals surface area contributed by atoms with Gasteiger partial charge in [0.05, 0.1) is 16.0 Å². The Balaban J connectivity index is 1.78. The Morgan fingerprint density at radius 2 is 1.76 bits per heavy atom. The van der Waals surface area contributed by atoms with E-state index in [-0.39, 0.29) is 10.8 Å². The predicted octanol–water partition coefficient (Wildman–Crippen LogP) is 2.19. The average Bonchev–Trinajstić information content (AvgIpc) is 3.18. The second-order valence-electron chi connectivity index (χ2n) is 7.69. The molecule has 170 valence electrons. The molecule has 0 unspecified atom stereocenters. The van der Waals surface area contributed by atoms with Crippen molar-refractivity contribution < 1.29 is 17.9 Å². The van der Waals surface area contributed by atoms with Crippen molar-refractivity contribution in [2.45, 2.75) is 4.90 Å². The number of H-pyrrole nitrogens is 2. The van der Waals surface area contributed by atoms with Gasteiger partial charge in [-0.2, -0.15) is 4.98 Å². The number of sulfonamides is 1. The van der Waals surface area contributed by atoms with Gasteiger partial charge in [0.2, 0.25) is 16.0 Å². The zero-order valence-electron chi connectivity index (χ0n) is 17.9. The van der Waals surface area contributed by atoms with Gasteiger partial charge in [0.25, 0.3) is 5.56 Å². The third-order valence-corrected chi connectivity index (χ3v) is 7.27. The van der Waals surface area contributed by atoms with Crippen LogP contribution in [0.15, 0.2) is 52.2 Å². The summed E-state index contributed by atoms with van der Waals surface area (Å²) in [5.41, 5.74) is 8.11. The minimum atomic E-state index is -3.58. The van der Waals surface area contributed by atoms with Crippen LogP contribution in [0.2, 0.25) is 0 Å². The SMILES string of the molecule is CN(C)S(=O)(=O)c1ccc(-c2[nH]c3nc(N)[nH]c(=O)c3c2-c2cccc3c2OCCO3)cc1. The van der Waals surface area contributed by atoms with Crippen molar-refractivity contribution in [3.63, 3.8) is 0 Å². The molecule has 3 heterocycles. The molecule has 0 saturated heterocycles. The third-order valence-electron chi connectivity index (χ3n) is 5.44. The highest BCUT2D eigenvalue weighted by Crippen LogP contribution is 2.45. The molecule has 0 atom stereocenters. The Kier molecular flexibility index (Phi) is 4.87. The van der Waals surface area contributed by atoms with Gasteiger partial charge in [-0.25, -0.2) is 12.7 Å². The van der Waals surface area contributed by atoms with E-state index in [0.717, 1.165) is 4.31 Å². The van der Waals surface area contributed by atoms with E-state index in [1.165, 1.54) is 26.2 Å². The van der Waals surface area contributed by atoms with Crippen LogP contribution in [0.4, 0.5) is 5.95 Å². The average molecular weight is 468 g/mol. The summed E-state index contributed by atoms with van der Waals surface area (Å²) in [5.74, 6) is 1.08. The number of anilines is 1. The summed E-state index contributed by atoms with van der Waals surface area (Å²) in [5, 5.41) is 0.312. The number of benzene rings is 2. The fourth-order valence-electron chi connectivity index (χ4n) is 3.88. The Labute approximate surface area is 189 Å². The monoisotopic (exact) mass is 467 g/mol. The number of aromatic amines is 2. The lowest BCUT2D eigenvalue weighted by atomic mass is 9.98. The fourth-order valence-corrected chi connectivity index (χ4v) is 4.78. The molecule has 11 heteroatoms. The van der Waals surface area contributed by atoms with Crippen LogP contribution in [0.3, 0.4) is 0 Å². The van der Waals surface area contributed by atoms with E-state index in [0.29, 0.717) is 58.1 Å². The summed E-state index contributed by atoms with van der Waals surface area (Å²) >= 11 is 0. The number of hydrogen-bond acceptors (Lipinski definition) is 7. The lowest BCUT2D eigenvalue weighted by Gasteiger charge is -2.21. The van der Waals surface area contributed by atoms with E-state index in [1.807, 2.05) is 12.1 Å². The highest BCUT2D eigenvalue weighted by atomic mass is 32.2. The molecule has 0 fully saturated rings. The largest absolute Gasteiger partial charge is 0.486 e. The minimum Gasteiger partial charge on any atom is -0.486 e. The maximum absolute atomic E-state index is 12.9. The standard InChI is InChI=1S/C22H21N5O5S/c1-27(2)33(29,30)13-8-6-12(7-9-13)18-16(17-20(24-18)25-22(23)26-21(17)28)14-4-3-5-15-19(14)32-11-10-31-15/h3-9H,10-11H2,1-2H3,(H4,23,24,25,26,28). The summed E-state index contributed by atoms with van der Waals surface area (Å²) in [6, 6.07) is 11.8. The molecule has 5 rings (SSSR count). The van der Waals surface area contributed by atoms with Crippen LogP contribution in [0, 0.1) is 0 Å². The molecule has 0 saturated carbocycles. The maximum Gasteiger partial charge on any atom is 0.262 e. The van der Waals surface area contributed by atoms with Gasteiger partial charge in [0.15, 0.2) is 11.5 Å². The number of nitrogens with one attached hydrogen (secondary N) is 2. The highest BCUT2D eigenvalue weighted by Gasteiger charge is 2.25. The molecule has 1 aliphatic heterocycles. The zero-order chi connectivity index (χ0) is 23.3. The van der Waals surface area contributed by atoms with Crippen molar-refractivity contribution in [3.8, 4) is 33.9 Å². The van der Waals surface area contributed by atoms with Crippen LogP contribution in [0.1, 0.15) is 0 Å². The summed E-state index contributed by atoms with van der Waals surface area (Å²) < 4.78 is 37.7. The van der Waals surface area contributed by atoms with Crippen LogP contribution in [0.25, 0.3) is 33.4 Å². The second kappa shape index (κ2) is 7.64. The summed E-state index contributed by atoms with van der Waals surface area (Å²) in [6.45, 7) is 0.804. The Bertz CT molecular complexity index is 1540. The molecule has 10 nitrogen and oxygen atoms in total. The Morgan fingerprint density at radius 1 is 1.03 bits per heavy atom. The Morgan fingerprint density at radius 3 is 2.48 bits per heavy atom. The van der Waals surface area contributed by atoms with E-state index >= 15 is 0 Å². The summed E-state index contributed by atoms with van der Waals surface area (Å²) in [4.78, 5) is 23.0. The molecular formula is C22H21N5O5S. The maximum atomic E-state index is 12.9. The molecule has 2 aromatic heterocycles. The first-order valence-electron chi connectivity index (χ1n) is 10.1. The molecule has 4 aromatic rings. The van der Waals surface area contributed by atoms with E-state index in [9.17, 15) is 13.2 Å². The highest BCUT2D eigenvalue weighted by molar-refractivity contribution is 7.89. The van der Waals surface area contributed by atoms with Crippen LogP contribution in [0.5, 0.6) is 11.5 Å². The first kappa shape index (κ1) is 21.0. The fraction of sp³-hybridized carbons (Fsp3) is 0.182. The first-order chi connectivity index (χ1) is 15.8. The second-order valence-corrected chi connectivity index (χ2v) is 9.84. The molecule has 0 bridgehead atoms. The molecule has 4 N–H and O–H groups in total. The molecule has 33 heavy (non-hydrogen) atoms. The number of rotatable bonds is 4. The third kappa shape index (κ3) is 3.41. The molecule has 0 radical (unpaired) electrons. The van der Waals surface area contributed by atoms with Crippen LogP contribution >= 0.6 is 0 Å². The van der Waals surface area contributed by atoms with Gasteiger partial charge in [-0.05, 0) is 23.8 Å². The van der Waals surface area contributed by atoms with Gasteiger partial charge in [-0.3, -0.25) is 9.78 Å². The molecular weight excluding hydrogens is 446 g/mol. The smallest absolute Gasteiger partial charge is 0.262 e. The minimum absolute atomic E-state index is 0.0195. The number of nitrogens with two attached hydrogens (primary N) is 1. The normalized spacial score (nSPS) is 13.5. The van der Waals surface area contributed by atoms with Crippen molar-refractivity contribution in [3.05, 3.63) is 52.8 Å². The lowest BCUT2D eigenvalue weighted by molar-refractivity contribution is 0.172. The number of para-hydroxylation sites is 1. The lowest BCUT2D eigenvalue weighted by Crippen LogP contribution is -2.22. The van der Waals surface area contributed by atoms with Crippen molar-refractivity contribution in [2.75, 3.05) is 33.0 Å². The van der Waals surface area contributed by atoms with Crippen LogP contribution in [-0.2, 0) is 10.0 Å². The number of ether oxygens (including phenoxy) is 2. The van der Waals surface area contributed by atoms with Gasteiger partial charge in [0, 0.05) is 25.2 Å². The van der Waals surface area contributed by atoms with Crippen molar-refractivity contribution >= 4 is 27.0 Å². The molecule has 0 aliphatic carbocycles. The number of nitrogen functional groups attached to an aromatic ring is 1. The van der Waals surface area contributed by atoms with Crippen LogP contribution < -0.4 is 20.8 Å². The number of fused-ring (bicyclic) bond motifs is 2. The van der Waals surface area contributed by atoms with E-state index < -0.39 is 15.6 Å². The van der Waals surface area contributed by atoms with Gasteiger partial charge >= 0.3 is 0 Å². The van der Waals surface area contributed by atoms with Gasteiger partial charge in [-0.15, -0.1) is 0 Å². The number of hydrogen-bond donors (Lipinski definition) is 3. The van der Waals surface area contributed by atoms with Crippen LogP contribution in [-0.4, -0.2) is 55.0 Å². The first-order valence-corrected chi connectivity index (χ1v) is 11.5. The van der Waals surface area contributed by atoms with Crippen molar-refractivity contribution in [2.24, 2.45) is 0 Å². The van der Waals surface area contributed by atoms with Gasteiger partial charge in [0.1, 0.15) is 18.9 Å². The predicted molar refractivity (Wildman–Crippen MR) is 124 cm³/mol.